The summed E-state index contributed by atoms with van der Waals surface area (Å²) in [5.41, 5.74) is 4.21. The summed E-state index contributed by atoms with van der Waals surface area (Å²) in [6.07, 6.45) is 3.49. The summed E-state index contributed by atoms with van der Waals surface area (Å²) in [7, 11) is 0. The fraction of sp³-hybridized carbons (Fsp3) is 0. The Morgan fingerprint density at radius 1 is 1.11 bits per heavy atom. The van der Waals surface area contributed by atoms with Crippen LogP contribution >= 0.6 is 0 Å². The number of benzene rings is 1. The molecule has 90 valence electrons. The molecule has 3 rings (SSSR count). The van der Waals surface area contributed by atoms with E-state index in [2.05, 4.69) is 21.3 Å². The molecule has 0 aliphatic heterocycles. The van der Waals surface area contributed by atoms with E-state index in [0.717, 1.165) is 22.5 Å². The van der Waals surface area contributed by atoms with Crippen molar-refractivity contribution in [3.8, 4) is 28.6 Å². The molecule has 4 nitrogen and oxygen atoms in total. The number of rotatable bonds is 2. The topological polar surface area (TPSA) is 65.4 Å². The average Bonchev–Trinajstić information content (AvgIpc) is 2.98. The molecule has 4 heteroatoms. The number of nitrogens with one attached hydrogen (secondary N) is 1. The molecule has 0 spiro atoms. The Morgan fingerprint density at radius 2 is 2.05 bits per heavy atom. The van der Waals surface area contributed by atoms with E-state index in [1.165, 1.54) is 0 Å². The molecule has 2 aromatic heterocycles. The predicted octanol–water partition coefficient (Wildman–Crippen LogP) is 3.01. The molecule has 3 aromatic rings. The summed E-state index contributed by atoms with van der Waals surface area (Å²) in [6.45, 7) is 0. The van der Waals surface area contributed by atoms with Crippen LogP contribution in [0.1, 0.15) is 5.56 Å². The molecular formula is C15H10N4. The molecule has 0 aliphatic rings. The number of pyridine rings is 1. The smallest absolute Gasteiger partial charge is 0.0991 e. The number of nitrogens with zero attached hydrogens (tertiary/aromatic N) is 3. The third kappa shape index (κ3) is 2.09. The van der Waals surface area contributed by atoms with E-state index in [-0.39, 0.29) is 0 Å². The highest BCUT2D eigenvalue weighted by atomic mass is 15.1. The van der Waals surface area contributed by atoms with E-state index in [1.54, 1.807) is 18.5 Å². The summed E-state index contributed by atoms with van der Waals surface area (Å²) in [5.74, 6) is 0. The van der Waals surface area contributed by atoms with Gasteiger partial charge in [0.15, 0.2) is 0 Å². The fourth-order valence-corrected chi connectivity index (χ4v) is 1.97. The number of aromatic nitrogens is 3. The van der Waals surface area contributed by atoms with E-state index in [1.807, 2.05) is 36.4 Å². The number of hydrogen-bond acceptors (Lipinski definition) is 3. The molecule has 0 aliphatic carbocycles. The van der Waals surface area contributed by atoms with Crippen molar-refractivity contribution >= 4 is 0 Å². The van der Waals surface area contributed by atoms with Gasteiger partial charge in [-0.15, -0.1) is 0 Å². The van der Waals surface area contributed by atoms with Crippen LogP contribution in [-0.2, 0) is 0 Å². The summed E-state index contributed by atoms with van der Waals surface area (Å²) in [6, 6.07) is 15.3. The molecule has 0 fully saturated rings. The molecule has 1 N–H and O–H groups in total. The summed E-state index contributed by atoms with van der Waals surface area (Å²) >= 11 is 0. The second-order valence-electron chi connectivity index (χ2n) is 4.07. The van der Waals surface area contributed by atoms with Crippen LogP contribution in [0.2, 0.25) is 0 Å². The van der Waals surface area contributed by atoms with Gasteiger partial charge >= 0.3 is 0 Å². The first kappa shape index (κ1) is 11.2. The summed E-state index contributed by atoms with van der Waals surface area (Å²) in [5, 5.41) is 16.0. The molecule has 0 radical (unpaired) electrons. The zero-order chi connectivity index (χ0) is 13.1. The molecule has 0 saturated heterocycles. The van der Waals surface area contributed by atoms with Crippen LogP contribution < -0.4 is 0 Å². The van der Waals surface area contributed by atoms with Gasteiger partial charge in [0, 0.05) is 11.8 Å². The van der Waals surface area contributed by atoms with Gasteiger partial charge in [0.25, 0.3) is 0 Å². The van der Waals surface area contributed by atoms with Gasteiger partial charge in [-0.3, -0.25) is 10.1 Å². The van der Waals surface area contributed by atoms with Gasteiger partial charge in [0.2, 0.25) is 0 Å². The maximum atomic E-state index is 8.96. The second kappa shape index (κ2) is 4.75. The molecule has 19 heavy (non-hydrogen) atoms. The highest BCUT2D eigenvalue weighted by Crippen LogP contribution is 2.29. The maximum Gasteiger partial charge on any atom is 0.0991 e. The lowest BCUT2D eigenvalue weighted by atomic mass is 10.0. The number of H-pyrrole nitrogens is 1. The van der Waals surface area contributed by atoms with Gasteiger partial charge in [-0.1, -0.05) is 18.2 Å². The van der Waals surface area contributed by atoms with E-state index in [4.69, 9.17) is 5.26 Å². The van der Waals surface area contributed by atoms with Crippen LogP contribution in [-0.4, -0.2) is 15.2 Å². The van der Waals surface area contributed by atoms with Crippen LogP contribution in [0.3, 0.4) is 0 Å². The van der Waals surface area contributed by atoms with Gasteiger partial charge in [-0.05, 0) is 29.8 Å². The van der Waals surface area contributed by atoms with E-state index >= 15 is 0 Å². The van der Waals surface area contributed by atoms with Crippen molar-refractivity contribution in [2.45, 2.75) is 0 Å². The Labute approximate surface area is 110 Å². The van der Waals surface area contributed by atoms with E-state index < -0.39 is 0 Å². The maximum absolute atomic E-state index is 8.96. The van der Waals surface area contributed by atoms with Crippen LogP contribution in [0.25, 0.3) is 22.5 Å². The number of nitriles is 1. The van der Waals surface area contributed by atoms with Gasteiger partial charge in [-0.25, -0.2) is 0 Å². The third-order valence-electron chi connectivity index (χ3n) is 2.86. The average molecular weight is 246 g/mol. The van der Waals surface area contributed by atoms with Crippen molar-refractivity contribution < 1.29 is 0 Å². The van der Waals surface area contributed by atoms with Crippen LogP contribution in [0.15, 0.2) is 54.9 Å². The molecule has 0 amide bonds. The molecule has 0 bridgehead atoms. The Hall–Kier alpha value is -2.93. The van der Waals surface area contributed by atoms with Gasteiger partial charge in [-0.2, -0.15) is 10.4 Å². The van der Waals surface area contributed by atoms with Crippen molar-refractivity contribution in [2.24, 2.45) is 0 Å². The number of hydrogen-bond donors (Lipinski definition) is 1. The second-order valence-corrected chi connectivity index (χ2v) is 4.07. The Morgan fingerprint density at radius 3 is 2.84 bits per heavy atom. The molecule has 1 aromatic carbocycles. The fourth-order valence-electron chi connectivity index (χ4n) is 1.97. The van der Waals surface area contributed by atoms with Crippen molar-refractivity contribution in [1.82, 2.24) is 15.2 Å². The molecular weight excluding hydrogens is 236 g/mol. The highest BCUT2D eigenvalue weighted by molar-refractivity contribution is 5.79. The van der Waals surface area contributed by atoms with E-state index in [9.17, 15) is 0 Å². The first-order chi connectivity index (χ1) is 9.38. The lowest BCUT2D eigenvalue weighted by Gasteiger charge is -2.03. The molecule has 0 saturated carbocycles. The van der Waals surface area contributed by atoms with E-state index in [0.29, 0.717) is 5.56 Å². The Balaban J connectivity index is 2.13. The molecule has 0 atom stereocenters. The first-order valence-corrected chi connectivity index (χ1v) is 5.84. The third-order valence-corrected chi connectivity index (χ3v) is 2.86. The lowest BCUT2D eigenvalue weighted by Crippen LogP contribution is -1.86. The number of aromatic amines is 1. The lowest BCUT2D eigenvalue weighted by molar-refractivity contribution is 1.09. The van der Waals surface area contributed by atoms with Crippen LogP contribution in [0, 0.1) is 11.3 Å². The standard InChI is InChI=1S/C15H10N4/c16-9-11-4-3-5-12(8-11)13-10-18-19-15(13)14-6-1-2-7-17-14/h1-8,10H,(H,18,19). The van der Waals surface area contributed by atoms with Crippen LogP contribution in [0.5, 0.6) is 0 Å². The van der Waals surface area contributed by atoms with Crippen LogP contribution in [0.4, 0.5) is 0 Å². The summed E-state index contributed by atoms with van der Waals surface area (Å²) < 4.78 is 0. The van der Waals surface area contributed by atoms with Crippen molar-refractivity contribution in [3.63, 3.8) is 0 Å². The van der Waals surface area contributed by atoms with Gasteiger partial charge in [0.05, 0.1) is 29.2 Å². The highest BCUT2D eigenvalue weighted by Gasteiger charge is 2.10. The van der Waals surface area contributed by atoms with Crippen molar-refractivity contribution in [3.05, 3.63) is 60.4 Å². The van der Waals surface area contributed by atoms with Gasteiger partial charge < -0.3 is 0 Å². The minimum Gasteiger partial charge on any atom is -0.276 e. The minimum atomic E-state index is 0.630. The summed E-state index contributed by atoms with van der Waals surface area (Å²) in [4.78, 5) is 4.31. The minimum absolute atomic E-state index is 0.630. The normalized spacial score (nSPS) is 10.1. The monoisotopic (exact) mass is 246 g/mol. The largest absolute Gasteiger partial charge is 0.276 e. The molecule has 2 heterocycles. The Kier molecular flexibility index (Phi) is 2.79. The SMILES string of the molecule is N#Cc1cccc(-c2cn[nH]c2-c2ccccn2)c1. The predicted molar refractivity (Wildman–Crippen MR) is 72.0 cm³/mol. The zero-order valence-electron chi connectivity index (χ0n) is 10.0. The van der Waals surface area contributed by atoms with Crippen molar-refractivity contribution in [2.75, 3.05) is 0 Å². The van der Waals surface area contributed by atoms with Crippen molar-refractivity contribution in [1.29, 1.82) is 5.26 Å². The quantitative estimate of drug-likeness (QED) is 0.755. The van der Waals surface area contributed by atoms with Gasteiger partial charge in [0.1, 0.15) is 0 Å². The molecule has 0 unspecified atom stereocenters. The zero-order valence-corrected chi connectivity index (χ0v) is 10.0. The Bertz CT molecular complexity index is 738. The first-order valence-electron chi connectivity index (χ1n) is 5.84.